The Bertz CT molecular complexity index is 1270. The first-order valence-corrected chi connectivity index (χ1v) is 10.6. The lowest BCUT2D eigenvalue weighted by molar-refractivity contribution is -0.112. The summed E-state index contributed by atoms with van der Waals surface area (Å²) in [7, 11) is 0. The lowest BCUT2D eigenvalue weighted by Gasteiger charge is -2.11. The van der Waals surface area contributed by atoms with Crippen molar-refractivity contribution in [2.24, 2.45) is 0 Å². The van der Waals surface area contributed by atoms with E-state index in [0.29, 0.717) is 33.1 Å². The van der Waals surface area contributed by atoms with E-state index < -0.39 is 11.9 Å². The van der Waals surface area contributed by atoms with E-state index in [1.165, 1.54) is 42.5 Å². The third kappa shape index (κ3) is 6.67. The minimum atomic E-state index is -0.651. The number of nitrogens with one attached hydrogen (secondary N) is 1. The van der Waals surface area contributed by atoms with Crippen LogP contribution < -0.4 is 10.1 Å². The Hall–Kier alpha value is -4.15. The smallest absolute Gasteiger partial charge is 0.338 e. The zero-order chi connectivity index (χ0) is 24.5. The molecule has 0 aliphatic heterocycles. The molecule has 3 aromatic carbocycles. The molecule has 0 unspecified atom stereocenters. The van der Waals surface area contributed by atoms with Crippen LogP contribution in [0.3, 0.4) is 0 Å². The molecule has 172 valence electrons. The van der Waals surface area contributed by atoms with Gasteiger partial charge in [-0.1, -0.05) is 23.7 Å². The molecular weight excluding hydrogens is 459 g/mol. The van der Waals surface area contributed by atoms with Gasteiger partial charge in [-0.05, 0) is 73.2 Å². The monoisotopic (exact) mass is 478 g/mol. The predicted octanol–water partition coefficient (Wildman–Crippen LogP) is 5.78. The highest BCUT2D eigenvalue weighted by Gasteiger charge is 2.13. The van der Waals surface area contributed by atoms with Crippen LogP contribution in [-0.4, -0.2) is 18.5 Å². The Morgan fingerprint density at radius 2 is 1.88 bits per heavy atom. The number of esters is 1. The molecule has 6 nitrogen and oxygen atoms in total. The third-order valence-corrected chi connectivity index (χ3v) is 4.81. The van der Waals surface area contributed by atoms with Crippen molar-refractivity contribution < 1.29 is 23.5 Å². The summed E-state index contributed by atoms with van der Waals surface area (Å²) in [4.78, 5) is 24.4. The number of amides is 1. The normalized spacial score (nSPS) is 10.8. The van der Waals surface area contributed by atoms with Crippen molar-refractivity contribution in [2.45, 2.75) is 13.5 Å². The van der Waals surface area contributed by atoms with Gasteiger partial charge in [0.05, 0.1) is 12.2 Å². The van der Waals surface area contributed by atoms with Crippen LogP contribution in [0.25, 0.3) is 6.08 Å². The molecule has 3 aromatic rings. The molecule has 0 aromatic heterocycles. The highest BCUT2D eigenvalue weighted by atomic mass is 35.5. The average Bonchev–Trinajstić information content (AvgIpc) is 2.82. The topological polar surface area (TPSA) is 88.4 Å². The molecule has 0 aliphatic rings. The number of carbonyl (C=O) groups excluding carboxylic acids is 2. The summed E-state index contributed by atoms with van der Waals surface area (Å²) in [5, 5.41) is 12.6. The second-order valence-corrected chi connectivity index (χ2v) is 7.46. The van der Waals surface area contributed by atoms with E-state index in [2.05, 4.69) is 5.32 Å². The maximum atomic E-state index is 13.4. The van der Waals surface area contributed by atoms with Crippen LogP contribution in [0, 0.1) is 17.1 Å². The molecule has 34 heavy (non-hydrogen) atoms. The number of benzene rings is 3. The summed E-state index contributed by atoms with van der Waals surface area (Å²) in [6.07, 6.45) is 1.36. The number of hydrogen-bond acceptors (Lipinski definition) is 5. The maximum absolute atomic E-state index is 13.4. The van der Waals surface area contributed by atoms with Gasteiger partial charge < -0.3 is 14.8 Å². The van der Waals surface area contributed by atoms with Gasteiger partial charge >= 0.3 is 5.97 Å². The van der Waals surface area contributed by atoms with E-state index in [4.69, 9.17) is 21.1 Å². The Morgan fingerprint density at radius 1 is 1.12 bits per heavy atom. The number of carbonyl (C=O) groups is 2. The highest BCUT2D eigenvalue weighted by Crippen LogP contribution is 2.26. The van der Waals surface area contributed by atoms with Crippen molar-refractivity contribution in [1.82, 2.24) is 0 Å². The van der Waals surface area contributed by atoms with Crippen molar-refractivity contribution in [3.63, 3.8) is 0 Å². The largest absolute Gasteiger partial charge is 0.488 e. The summed E-state index contributed by atoms with van der Waals surface area (Å²) in [5.74, 6) is -1.13. The SMILES string of the molecule is CCOC(=O)c1ccc(NC(=O)/C(C#N)=C/c2cc(Cl)ccc2OCc2cccc(F)c2)cc1. The van der Waals surface area contributed by atoms with Gasteiger partial charge in [-0.3, -0.25) is 4.79 Å². The van der Waals surface area contributed by atoms with Crippen LogP contribution in [-0.2, 0) is 16.1 Å². The first-order chi connectivity index (χ1) is 16.4. The Morgan fingerprint density at radius 3 is 2.56 bits per heavy atom. The number of ether oxygens (including phenoxy) is 2. The van der Waals surface area contributed by atoms with E-state index in [1.54, 1.807) is 37.3 Å². The lowest BCUT2D eigenvalue weighted by Crippen LogP contribution is -2.14. The van der Waals surface area contributed by atoms with Crippen LogP contribution in [0.2, 0.25) is 5.02 Å². The van der Waals surface area contributed by atoms with Gasteiger partial charge in [0.1, 0.15) is 29.8 Å². The fraction of sp³-hybridized carbons (Fsp3) is 0.115. The molecule has 8 heteroatoms. The van der Waals surface area contributed by atoms with E-state index in [0.717, 1.165) is 0 Å². The average molecular weight is 479 g/mol. The minimum Gasteiger partial charge on any atom is -0.488 e. The summed E-state index contributed by atoms with van der Waals surface area (Å²) in [5.41, 5.74) is 1.58. The second-order valence-electron chi connectivity index (χ2n) is 7.02. The van der Waals surface area contributed by atoms with Gasteiger partial charge in [-0.25, -0.2) is 9.18 Å². The second kappa shape index (κ2) is 11.6. The molecule has 0 fully saturated rings. The zero-order valence-electron chi connectivity index (χ0n) is 18.2. The Labute approximate surface area is 201 Å². The number of nitrogens with zero attached hydrogens (tertiary/aromatic N) is 1. The third-order valence-electron chi connectivity index (χ3n) is 4.57. The quantitative estimate of drug-likeness (QED) is 0.252. The van der Waals surface area contributed by atoms with Gasteiger partial charge in [0.15, 0.2) is 0 Å². The predicted molar refractivity (Wildman–Crippen MR) is 127 cm³/mol. The molecule has 1 amide bonds. The first kappa shape index (κ1) is 24.5. The first-order valence-electron chi connectivity index (χ1n) is 10.3. The number of hydrogen-bond donors (Lipinski definition) is 1. The summed E-state index contributed by atoms with van der Waals surface area (Å²) >= 11 is 6.10. The van der Waals surface area contributed by atoms with Crippen LogP contribution in [0.4, 0.5) is 10.1 Å². The Balaban J connectivity index is 1.77. The molecular formula is C26H20ClFN2O4. The number of nitriles is 1. The van der Waals surface area contributed by atoms with Crippen molar-refractivity contribution >= 4 is 35.2 Å². The van der Waals surface area contributed by atoms with Crippen LogP contribution >= 0.6 is 11.6 Å². The summed E-state index contributed by atoms with van der Waals surface area (Å²) in [6.45, 7) is 2.05. The van der Waals surface area contributed by atoms with Crippen molar-refractivity contribution in [2.75, 3.05) is 11.9 Å². The summed E-state index contributed by atoms with van der Waals surface area (Å²) < 4.78 is 24.1. The lowest BCUT2D eigenvalue weighted by atomic mass is 10.1. The standard InChI is InChI=1S/C26H20ClFN2O4/c1-2-33-26(32)18-6-9-23(10-7-18)30-25(31)20(15-29)13-19-14-21(27)8-11-24(19)34-16-17-4-3-5-22(28)12-17/h3-14H,2,16H2,1H3,(H,30,31)/b20-13+. The molecule has 1 N–H and O–H groups in total. The maximum Gasteiger partial charge on any atom is 0.338 e. The van der Waals surface area contributed by atoms with E-state index in [9.17, 15) is 19.2 Å². The Kier molecular flexibility index (Phi) is 8.38. The minimum absolute atomic E-state index is 0.0845. The van der Waals surface area contributed by atoms with Crippen LogP contribution in [0.15, 0.2) is 72.3 Å². The van der Waals surface area contributed by atoms with E-state index in [1.807, 2.05) is 6.07 Å². The van der Waals surface area contributed by atoms with Gasteiger partial charge in [0, 0.05) is 16.3 Å². The molecule has 0 saturated heterocycles. The van der Waals surface area contributed by atoms with Gasteiger partial charge in [-0.2, -0.15) is 5.26 Å². The zero-order valence-corrected chi connectivity index (χ0v) is 18.9. The number of halogens is 2. The fourth-order valence-electron chi connectivity index (χ4n) is 2.96. The highest BCUT2D eigenvalue weighted by molar-refractivity contribution is 6.30. The van der Waals surface area contributed by atoms with Crippen LogP contribution in [0.5, 0.6) is 5.75 Å². The van der Waals surface area contributed by atoms with E-state index in [-0.39, 0.29) is 24.6 Å². The number of rotatable bonds is 8. The molecule has 3 rings (SSSR count). The molecule has 0 spiro atoms. The summed E-state index contributed by atoms with van der Waals surface area (Å²) in [6, 6.07) is 18.7. The molecule has 0 saturated carbocycles. The molecule has 0 radical (unpaired) electrons. The molecule has 0 atom stereocenters. The number of anilines is 1. The fourth-order valence-corrected chi connectivity index (χ4v) is 3.14. The molecule has 0 aliphatic carbocycles. The van der Waals surface area contributed by atoms with Crippen molar-refractivity contribution in [1.29, 1.82) is 5.26 Å². The van der Waals surface area contributed by atoms with Gasteiger partial charge in [-0.15, -0.1) is 0 Å². The molecule has 0 bridgehead atoms. The molecule has 0 heterocycles. The van der Waals surface area contributed by atoms with Crippen LogP contribution in [0.1, 0.15) is 28.4 Å². The van der Waals surface area contributed by atoms with Gasteiger partial charge in [0.2, 0.25) is 0 Å². The van der Waals surface area contributed by atoms with E-state index >= 15 is 0 Å². The van der Waals surface area contributed by atoms with Crippen molar-refractivity contribution in [3.05, 3.63) is 99.8 Å². The van der Waals surface area contributed by atoms with Gasteiger partial charge in [0.25, 0.3) is 5.91 Å². The van der Waals surface area contributed by atoms with Crippen molar-refractivity contribution in [3.8, 4) is 11.8 Å².